The number of nitrogens with zero attached hydrogens (tertiary/aromatic N) is 2. The number of anilines is 1. The van der Waals surface area contributed by atoms with Gasteiger partial charge in [-0.05, 0) is 43.0 Å². The average molecular weight is 258 g/mol. The molecule has 104 valence electrons. The molecule has 2 rings (SSSR count). The van der Waals surface area contributed by atoms with Crippen LogP contribution in [0.25, 0.3) is 6.08 Å². The number of piperidine rings is 1. The summed E-state index contributed by atoms with van der Waals surface area (Å²) in [5.41, 5.74) is 2.54. The number of benzene rings is 1. The second-order valence-corrected chi connectivity index (χ2v) is 5.90. The lowest BCUT2D eigenvalue weighted by molar-refractivity contribution is 0.202. The van der Waals surface area contributed by atoms with Crippen molar-refractivity contribution in [1.29, 1.82) is 0 Å². The lowest BCUT2D eigenvalue weighted by Crippen LogP contribution is -2.34. The van der Waals surface area contributed by atoms with E-state index in [4.69, 9.17) is 0 Å². The third-order valence-electron chi connectivity index (χ3n) is 3.82. The zero-order chi connectivity index (χ0) is 13.7. The number of rotatable bonds is 4. The van der Waals surface area contributed by atoms with Gasteiger partial charge in [0.1, 0.15) is 0 Å². The van der Waals surface area contributed by atoms with Crippen molar-refractivity contribution in [2.24, 2.45) is 5.92 Å². The molecule has 0 spiro atoms. The van der Waals surface area contributed by atoms with Crippen molar-refractivity contribution in [3.63, 3.8) is 0 Å². The molecule has 19 heavy (non-hydrogen) atoms. The second kappa shape index (κ2) is 6.76. The van der Waals surface area contributed by atoms with Crippen LogP contribution in [0.4, 0.5) is 5.69 Å². The van der Waals surface area contributed by atoms with Crippen LogP contribution in [0, 0.1) is 5.92 Å². The molecular formula is C17H26N2. The van der Waals surface area contributed by atoms with E-state index in [2.05, 4.69) is 67.2 Å². The van der Waals surface area contributed by atoms with Crippen molar-refractivity contribution in [2.45, 2.75) is 19.8 Å². The highest BCUT2D eigenvalue weighted by molar-refractivity contribution is 5.55. The van der Waals surface area contributed by atoms with Gasteiger partial charge >= 0.3 is 0 Å². The van der Waals surface area contributed by atoms with Crippen molar-refractivity contribution < 1.29 is 0 Å². The maximum absolute atomic E-state index is 2.55. The van der Waals surface area contributed by atoms with Crippen LogP contribution >= 0.6 is 0 Å². The van der Waals surface area contributed by atoms with Crippen molar-refractivity contribution in [3.8, 4) is 0 Å². The fraction of sp³-hybridized carbons (Fsp3) is 0.529. The molecule has 1 aromatic rings. The van der Waals surface area contributed by atoms with E-state index in [0.717, 1.165) is 12.5 Å². The first-order valence-corrected chi connectivity index (χ1v) is 7.31. The molecule has 0 radical (unpaired) electrons. The highest BCUT2D eigenvalue weighted by atomic mass is 15.1. The summed E-state index contributed by atoms with van der Waals surface area (Å²) in [7, 11) is 4.14. The Labute approximate surface area is 117 Å². The summed E-state index contributed by atoms with van der Waals surface area (Å²) in [6.45, 7) is 5.95. The first-order valence-electron chi connectivity index (χ1n) is 7.31. The van der Waals surface area contributed by atoms with Crippen LogP contribution in [-0.2, 0) is 0 Å². The summed E-state index contributed by atoms with van der Waals surface area (Å²) in [6, 6.07) is 8.71. The Morgan fingerprint density at radius 1 is 1.26 bits per heavy atom. The highest BCUT2D eigenvalue weighted by Crippen LogP contribution is 2.16. The SMILES string of the molecule is C[C@@H]1CCCN(C/C=C/c2ccc(N(C)C)cc2)C1. The van der Waals surface area contributed by atoms with Crippen molar-refractivity contribution in [1.82, 2.24) is 4.90 Å². The molecule has 1 aliphatic heterocycles. The van der Waals surface area contributed by atoms with E-state index in [-0.39, 0.29) is 0 Å². The zero-order valence-corrected chi connectivity index (χ0v) is 12.5. The highest BCUT2D eigenvalue weighted by Gasteiger charge is 2.14. The van der Waals surface area contributed by atoms with Crippen LogP contribution in [0.3, 0.4) is 0 Å². The fourth-order valence-electron chi connectivity index (χ4n) is 2.67. The summed E-state index contributed by atoms with van der Waals surface area (Å²) in [5.74, 6) is 0.863. The molecule has 2 nitrogen and oxygen atoms in total. The topological polar surface area (TPSA) is 6.48 Å². The van der Waals surface area contributed by atoms with E-state index in [1.54, 1.807) is 0 Å². The molecule has 1 aromatic carbocycles. The average Bonchev–Trinajstić information content (AvgIpc) is 2.39. The van der Waals surface area contributed by atoms with E-state index < -0.39 is 0 Å². The molecule has 0 bridgehead atoms. The molecule has 1 heterocycles. The standard InChI is InChI=1S/C17H26N2/c1-15-6-4-12-19(14-15)13-5-7-16-8-10-17(11-9-16)18(2)3/h5,7-11,15H,4,6,12-14H2,1-3H3/b7-5+/t15-/m1/s1. The minimum Gasteiger partial charge on any atom is -0.378 e. The van der Waals surface area contributed by atoms with Crippen LogP contribution in [-0.4, -0.2) is 38.6 Å². The molecule has 1 fully saturated rings. The van der Waals surface area contributed by atoms with Crippen LogP contribution < -0.4 is 4.90 Å². The maximum Gasteiger partial charge on any atom is 0.0361 e. The molecule has 0 aliphatic carbocycles. The minimum atomic E-state index is 0.863. The van der Waals surface area contributed by atoms with E-state index >= 15 is 0 Å². The predicted octanol–water partition coefficient (Wildman–Crippen LogP) is 3.50. The molecular weight excluding hydrogens is 232 g/mol. The van der Waals surface area contributed by atoms with Gasteiger partial charge < -0.3 is 4.90 Å². The van der Waals surface area contributed by atoms with E-state index in [0.29, 0.717) is 0 Å². The summed E-state index contributed by atoms with van der Waals surface area (Å²) in [5, 5.41) is 0. The minimum absolute atomic E-state index is 0.863. The third kappa shape index (κ3) is 4.39. The largest absolute Gasteiger partial charge is 0.378 e. The summed E-state index contributed by atoms with van der Waals surface area (Å²) in [6.07, 6.45) is 7.28. The Bertz CT molecular complexity index is 406. The van der Waals surface area contributed by atoms with Gasteiger partial charge in [-0.25, -0.2) is 0 Å². The van der Waals surface area contributed by atoms with Gasteiger partial charge in [0.2, 0.25) is 0 Å². The molecule has 1 saturated heterocycles. The summed E-state index contributed by atoms with van der Waals surface area (Å²) in [4.78, 5) is 4.68. The van der Waals surface area contributed by atoms with Crippen LogP contribution in [0.5, 0.6) is 0 Å². The molecule has 1 aliphatic rings. The Kier molecular flexibility index (Phi) is 5.03. The maximum atomic E-state index is 2.55. The molecule has 0 saturated carbocycles. The van der Waals surface area contributed by atoms with Gasteiger partial charge in [0.05, 0.1) is 0 Å². The predicted molar refractivity (Wildman–Crippen MR) is 84.6 cm³/mol. The smallest absolute Gasteiger partial charge is 0.0361 e. The van der Waals surface area contributed by atoms with Gasteiger partial charge in [0.15, 0.2) is 0 Å². The zero-order valence-electron chi connectivity index (χ0n) is 12.5. The van der Waals surface area contributed by atoms with Gasteiger partial charge in [-0.2, -0.15) is 0 Å². The molecule has 2 heteroatoms. The molecule has 0 aromatic heterocycles. The second-order valence-electron chi connectivity index (χ2n) is 5.90. The Morgan fingerprint density at radius 3 is 2.63 bits per heavy atom. The molecule has 1 atom stereocenters. The number of likely N-dealkylation sites (tertiary alicyclic amines) is 1. The van der Waals surface area contributed by atoms with Gasteiger partial charge in [0.25, 0.3) is 0 Å². The lowest BCUT2D eigenvalue weighted by atomic mass is 10.0. The molecule has 0 amide bonds. The van der Waals surface area contributed by atoms with Gasteiger partial charge in [-0.1, -0.05) is 31.2 Å². The summed E-state index contributed by atoms with van der Waals surface area (Å²) >= 11 is 0. The van der Waals surface area contributed by atoms with E-state index in [1.807, 2.05) is 0 Å². The van der Waals surface area contributed by atoms with Gasteiger partial charge in [0, 0.05) is 32.9 Å². The van der Waals surface area contributed by atoms with Crippen LogP contribution in [0.1, 0.15) is 25.3 Å². The Morgan fingerprint density at radius 2 is 2.00 bits per heavy atom. The summed E-state index contributed by atoms with van der Waals surface area (Å²) < 4.78 is 0. The van der Waals surface area contributed by atoms with Crippen LogP contribution in [0.2, 0.25) is 0 Å². The Balaban J connectivity index is 1.84. The number of hydrogen-bond donors (Lipinski definition) is 0. The lowest BCUT2D eigenvalue weighted by Gasteiger charge is -2.29. The fourth-order valence-corrected chi connectivity index (χ4v) is 2.67. The Hall–Kier alpha value is -1.28. The number of hydrogen-bond acceptors (Lipinski definition) is 2. The van der Waals surface area contributed by atoms with Gasteiger partial charge in [-0.15, -0.1) is 0 Å². The van der Waals surface area contributed by atoms with Crippen LogP contribution in [0.15, 0.2) is 30.3 Å². The molecule has 0 N–H and O–H groups in total. The first kappa shape index (κ1) is 14.1. The van der Waals surface area contributed by atoms with E-state index in [9.17, 15) is 0 Å². The third-order valence-corrected chi connectivity index (χ3v) is 3.82. The van der Waals surface area contributed by atoms with E-state index in [1.165, 1.54) is 37.2 Å². The van der Waals surface area contributed by atoms with Crippen molar-refractivity contribution in [3.05, 3.63) is 35.9 Å². The molecule has 0 unspecified atom stereocenters. The first-order chi connectivity index (χ1) is 9.15. The van der Waals surface area contributed by atoms with Gasteiger partial charge in [-0.3, -0.25) is 4.90 Å². The normalized spacial score (nSPS) is 20.9. The van der Waals surface area contributed by atoms with Crippen molar-refractivity contribution >= 4 is 11.8 Å². The quantitative estimate of drug-likeness (QED) is 0.815. The van der Waals surface area contributed by atoms with Crippen molar-refractivity contribution in [2.75, 3.05) is 38.6 Å². The monoisotopic (exact) mass is 258 g/mol.